The number of nitrogens with one attached hydrogen (secondary N) is 1. The predicted octanol–water partition coefficient (Wildman–Crippen LogP) is 1.83. The van der Waals surface area contributed by atoms with Crippen LogP contribution >= 0.6 is 11.6 Å². The van der Waals surface area contributed by atoms with E-state index in [0.29, 0.717) is 31.1 Å². The summed E-state index contributed by atoms with van der Waals surface area (Å²) in [6.45, 7) is 1.88. The van der Waals surface area contributed by atoms with E-state index in [-0.39, 0.29) is 31.1 Å². The third-order valence-electron chi connectivity index (χ3n) is 5.21. The molecule has 2 saturated heterocycles. The van der Waals surface area contributed by atoms with Crippen LogP contribution in [0.5, 0.6) is 0 Å². The molecule has 2 aliphatic heterocycles. The van der Waals surface area contributed by atoms with Crippen LogP contribution in [0.4, 0.5) is 16.2 Å². The lowest BCUT2D eigenvalue weighted by molar-refractivity contribution is -0.125. The number of amides is 4. The highest BCUT2D eigenvalue weighted by molar-refractivity contribution is 6.30. The number of halogens is 1. The second-order valence-corrected chi connectivity index (χ2v) is 7.79. The molecule has 32 heavy (non-hydrogen) atoms. The zero-order chi connectivity index (χ0) is 23.1. The number of rotatable bonds is 4. The number of aliphatic hydroxyl groups excluding tert-OH is 1. The fourth-order valence-electron chi connectivity index (χ4n) is 3.77. The van der Waals surface area contributed by atoms with E-state index in [9.17, 15) is 19.5 Å². The van der Waals surface area contributed by atoms with Crippen molar-refractivity contribution in [3.63, 3.8) is 0 Å². The van der Waals surface area contributed by atoms with Gasteiger partial charge in [0.25, 0.3) is 5.91 Å². The average molecular weight is 461 g/mol. The molecule has 4 N–H and O–H groups in total. The lowest BCUT2D eigenvalue weighted by atomic mass is 10.0. The second kappa shape index (κ2) is 10.9. The van der Waals surface area contributed by atoms with Crippen molar-refractivity contribution in [2.45, 2.75) is 18.6 Å². The van der Waals surface area contributed by atoms with Crippen LogP contribution in [0.15, 0.2) is 48.5 Å². The van der Waals surface area contributed by atoms with E-state index in [1.54, 1.807) is 10.2 Å². The summed E-state index contributed by atoms with van der Waals surface area (Å²) < 4.78 is 5.19. The molecule has 2 heterocycles. The molecule has 2 fully saturated rings. The monoisotopic (exact) mass is 460 g/mol. The first-order valence-corrected chi connectivity index (χ1v) is 10.4. The maximum absolute atomic E-state index is 12.0. The number of nitrogens with zero attached hydrogens (tertiary/aromatic N) is 2. The Hall–Kier alpha value is -3.14. The highest BCUT2D eigenvalue weighted by Crippen LogP contribution is 2.37. The summed E-state index contributed by atoms with van der Waals surface area (Å²) in [4.78, 5) is 34.6. The van der Waals surface area contributed by atoms with Gasteiger partial charge in [0.15, 0.2) is 0 Å². The Balaban J connectivity index is 0.000000427. The number of carbonyl (C=O) groups is 3. The molecule has 2 aliphatic rings. The van der Waals surface area contributed by atoms with Gasteiger partial charge in [-0.25, -0.2) is 4.79 Å². The zero-order valence-corrected chi connectivity index (χ0v) is 18.1. The number of imide groups is 1. The van der Waals surface area contributed by atoms with Crippen molar-refractivity contribution in [3.8, 4) is 0 Å². The molecule has 0 aromatic heterocycles. The third-order valence-corrected chi connectivity index (χ3v) is 5.47. The number of urea groups is 1. The van der Waals surface area contributed by atoms with Gasteiger partial charge in [-0.2, -0.15) is 0 Å². The van der Waals surface area contributed by atoms with Crippen LogP contribution in [0.25, 0.3) is 0 Å². The Morgan fingerprint density at radius 1 is 1.16 bits per heavy atom. The summed E-state index contributed by atoms with van der Waals surface area (Å²) >= 11 is 5.99. The first-order chi connectivity index (χ1) is 15.4. The molecule has 2 unspecified atom stereocenters. The lowest BCUT2D eigenvalue weighted by Gasteiger charge is -2.29. The molecule has 0 spiro atoms. The average Bonchev–Trinajstić information content (AvgIpc) is 3.17. The Morgan fingerprint density at radius 3 is 2.38 bits per heavy atom. The first-order valence-electron chi connectivity index (χ1n) is 10.1. The van der Waals surface area contributed by atoms with Gasteiger partial charge in [0, 0.05) is 29.5 Å². The van der Waals surface area contributed by atoms with Crippen LogP contribution in [-0.4, -0.2) is 55.9 Å². The molecule has 4 rings (SSSR count). The quantitative estimate of drug-likeness (QED) is 0.598. The van der Waals surface area contributed by atoms with E-state index >= 15 is 0 Å². The highest BCUT2D eigenvalue weighted by Gasteiger charge is 2.32. The number of anilines is 2. The predicted molar refractivity (Wildman–Crippen MR) is 121 cm³/mol. The standard InChI is InChI=1S/C20H21ClN2O3.C2H4N2O2/c21-15-3-7-17(8-4-15)23-12-18(24)11-19(23)14-1-5-16(6-2-14)22-9-10-26-13-20(22)25;3-2(6)4-1-5/h1-8,18-19,24H,9-13H2;1H,(H3,3,4,5,6). The van der Waals surface area contributed by atoms with E-state index in [4.69, 9.17) is 16.3 Å². The van der Waals surface area contributed by atoms with Gasteiger partial charge in [0.05, 0.1) is 18.8 Å². The summed E-state index contributed by atoms with van der Waals surface area (Å²) in [5, 5.41) is 12.6. The summed E-state index contributed by atoms with van der Waals surface area (Å²) in [7, 11) is 0. The van der Waals surface area contributed by atoms with Gasteiger partial charge >= 0.3 is 6.03 Å². The summed E-state index contributed by atoms with van der Waals surface area (Å²) in [5.41, 5.74) is 7.48. The minimum Gasteiger partial charge on any atom is -0.391 e. The molecule has 0 aliphatic carbocycles. The van der Waals surface area contributed by atoms with E-state index in [1.807, 2.05) is 48.5 Å². The number of nitrogens with two attached hydrogens (primary N) is 1. The van der Waals surface area contributed by atoms with Gasteiger partial charge in [-0.05, 0) is 48.4 Å². The van der Waals surface area contributed by atoms with Crippen LogP contribution in [0.1, 0.15) is 18.0 Å². The first kappa shape index (κ1) is 23.5. The molecular formula is C22H25ClN4O5. The minimum atomic E-state index is -0.829. The molecule has 10 heteroatoms. The fraction of sp³-hybridized carbons (Fsp3) is 0.318. The number of morpholine rings is 1. The lowest BCUT2D eigenvalue weighted by Crippen LogP contribution is -2.41. The van der Waals surface area contributed by atoms with E-state index in [0.717, 1.165) is 16.9 Å². The molecule has 0 bridgehead atoms. The van der Waals surface area contributed by atoms with Gasteiger partial charge in [-0.3, -0.25) is 14.9 Å². The molecule has 2 aromatic carbocycles. The Kier molecular flexibility index (Phi) is 8.04. The van der Waals surface area contributed by atoms with Gasteiger partial charge in [0.2, 0.25) is 6.41 Å². The van der Waals surface area contributed by atoms with Crippen molar-refractivity contribution in [1.29, 1.82) is 0 Å². The van der Waals surface area contributed by atoms with E-state index < -0.39 is 6.03 Å². The van der Waals surface area contributed by atoms with E-state index in [2.05, 4.69) is 10.6 Å². The van der Waals surface area contributed by atoms with Crippen molar-refractivity contribution in [2.24, 2.45) is 5.73 Å². The second-order valence-electron chi connectivity index (χ2n) is 7.35. The third kappa shape index (κ3) is 5.97. The van der Waals surface area contributed by atoms with Gasteiger partial charge in [-0.15, -0.1) is 0 Å². The maximum Gasteiger partial charge on any atom is 0.318 e. The van der Waals surface area contributed by atoms with Crippen molar-refractivity contribution in [1.82, 2.24) is 5.32 Å². The molecule has 0 saturated carbocycles. The van der Waals surface area contributed by atoms with Crippen LogP contribution in [0, 0.1) is 0 Å². The smallest absolute Gasteiger partial charge is 0.318 e. The number of β-amino-alcohol motifs (C(OH)–C–C–N with tert-alkyl or cyclic N) is 1. The molecule has 0 radical (unpaired) electrons. The number of carbonyl (C=O) groups excluding carboxylic acids is 3. The summed E-state index contributed by atoms with van der Waals surface area (Å²) in [6.07, 6.45) is 0.539. The summed E-state index contributed by atoms with van der Waals surface area (Å²) in [5.74, 6) is -0.0110. The van der Waals surface area contributed by atoms with Crippen LogP contribution in [-0.2, 0) is 14.3 Å². The molecule has 2 atom stereocenters. The van der Waals surface area contributed by atoms with Gasteiger partial charge in [0.1, 0.15) is 6.61 Å². The van der Waals surface area contributed by atoms with Crippen molar-refractivity contribution in [2.75, 3.05) is 36.1 Å². The normalized spacial score (nSPS) is 20.4. The van der Waals surface area contributed by atoms with Crippen LogP contribution in [0.3, 0.4) is 0 Å². The van der Waals surface area contributed by atoms with Gasteiger partial charge in [-0.1, -0.05) is 23.7 Å². The zero-order valence-electron chi connectivity index (χ0n) is 17.3. The highest BCUT2D eigenvalue weighted by atomic mass is 35.5. The van der Waals surface area contributed by atoms with E-state index in [1.165, 1.54) is 0 Å². The molecule has 4 amide bonds. The van der Waals surface area contributed by atoms with Crippen LogP contribution in [0.2, 0.25) is 5.02 Å². The summed E-state index contributed by atoms with van der Waals surface area (Å²) in [6, 6.07) is 15.0. The largest absolute Gasteiger partial charge is 0.391 e. The SMILES string of the molecule is NC(=O)NC=O.O=C1COCCN1c1ccc(C2CC(O)CN2c2ccc(Cl)cc2)cc1. The number of hydrogen-bond donors (Lipinski definition) is 3. The number of benzene rings is 2. The van der Waals surface area contributed by atoms with Crippen LogP contribution < -0.4 is 20.9 Å². The fourth-order valence-corrected chi connectivity index (χ4v) is 3.90. The van der Waals surface area contributed by atoms with Crippen molar-refractivity contribution >= 4 is 41.3 Å². The minimum absolute atomic E-state index is 0.0110. The number of ether oxygens (including phenoxy) is 1. The Labute approximate surface area is 190 Å². The number of aliphatic hydroxyl groups is 1. The number of hydrogen-bond acceptors (Lipinski definition) is 6. The topological polar surface area (TPSA) is 125 Å². The molecule has 170 valence electrons. The number of primary amides is 1. The molecular weight excluding hydrogens is 436 g/mol. The molecule has 2 aromatic rings. The van der Waals surface area contributed by atoms with Crippen molar-refractivity contribution < 1.29 is 24.2 Å². The Bertz CT molecular complexity index is 938. The molecule has 9 nitrogen and oxygen atoms in total. The van der Waals surface area contributed by atoms with Gasteiger partial charge < -0.3 is 25.4 Å². The maximum atomic E-state index is 12.0. The van der Waals surface area contributed by atoms with Crippen molar-refractivity contribution in [3.05, 3.63) is 59.1 Å². The Morgan fingerprint density at radius 2 is 1.81 bits per heavy atom.